The number of ether oxygens (including phenoxy) is 1. The van der Waals surface area contributed by atoms with E-state index in [1.54, 1.807) is 48.5 Å². The minimum absolute atomic E-state index is 0.281. The molecule has 0 aliphatic rings. The lowest BCUT2D eigenvalue weighted by atomic mass is 10.0. The summed E-state index contributed by atoms with van der Waals surface area (Å²) in [6.07, 6.45) is 3.27. The normalized spacial score (nSPS) is 11.4. The number of hydroxylamine groups is 1. The lowest BCUT2D eigenvalue weighted by Gasteiger charge is -2.28. The molecule has 0 fully saturated rings. The van der Waals surface area contributed by atoms with E-state index in [9.17, 15) is 14.4 Å². The van der Waals surface area contributed by atoms with Crippen molar-refractivity contribution in [2.75, 3.05) is 4.90 Å². The van der Waals surface area contributed by atoms with Gasteiger partial charge in [-0.2, -0.15) is 0 Å². The number of anilines is 1. The van der Waals surface area contributed by atoms with Crippen LogP contribution >= 0.6 is 0 Å². The summed E-state index contributed by atoms with van der Waals surface area (Å²) in [6.45, 7) is 0.281. The van der Waals surface area contributed by atoms with Gasteiger partial charge in [-0.15, -0.1) is 0 Å². The second-order valence-corrected chi connectivity index (χ2v) is 8.51. The fraction of sp³-hybridized carbons (Fsp3) is 0.0645. The molecule has 0 bridgehead atoms. The third-order valence-corrected chi connectivity index (χ3v) is 5.83. The number of benzene rings is 4. The summed E-state index contributed by atoms with van der Waals surface area (Å²) in [5.74, 6) is 0.181. The molecule has 196 valence electrons. The van der Waals surface area contributed by atoms with Crippen molar-refractivity contribution in [3.63, 3.8) is 0 Å². The topological polar surface area (TPSA) is 108 Å². The van der Waals surface area contributed by atoms with Crippen LogP contribution < -0.4 is 20.4 Å². The molecule has 0 heterocycles. The molecule has 1 atom stereocenters. The van der Waals surface area contributed by atoms with Crippen LogP contribution in [0.4, 0.5) is 5.69 Å². The first kappa shape index (κ1) is 26.8. The van der Waals surface area contributed by atoms with Gasteiger partial charge >= 0.3 is 0 Å². The number of hydrogen-bond donors (Lipinski definition) is 3. The molecule has 0 saturated carbocycles. The highest BCUT2D eigenvalue weighted by atomic mass is 16.5. The van der Waals surface area contributed by atoms with Crippen LogP contribution in [0.15, 0.2) is 115 Å². The van der Waals surface area contributed by atoms with Crippen molar-refractivity contribution < 1.29 is 24.3 Å². The predicted molar refractivity (Wildman–Crippen MR) is 148 cm³/mol. The van der Waals surface area contributed by atoms with Crippen molar-refractivity contribution in [2.45, 2.75) is 12.6 Å². The highest BCUT2D eigenvalue weighted by Gasteiger charge is 2.28. The van der Waals surface area contributed by atoms with Gasteiger partial charge in [-0.3, -0.25) is 24.5 Å². The van der Waals surface area contributed by atoms with Crippen molar-refractivity contribution in [1.82, 2.24) is 10.8 Å². The molecule has 3 amide bonds. The van der Waals surface area contributed by atoms with E-state index < -0.39 is 11.9 Å². The van der Waals surface area contributed by atoms with Crippen molar-refractivity contribution in [3.8, 4) is 11.5 Å². The molecule has 1 unspecified atom stereocenters. The van der Waals surface area contributed by atoms with Crippen molar-refractivity contribution in [3.05, 3.63) is 132 Å². The van der Waals surface area contributed by atoms with E-state index in [0.717, 1.165) is 11.6 Å². The zero-order valence-corrected chi connectivity index (χ0v) is 20.9. The van der Waals surface area contributed by atoms with Crippen LogP contribution in [0.3, 0.4) is 0 Å². The van der Waals surface area contributed by atoms with E-state index in [0.29, 0.717) is 34.7 Å². The standard InChI is InChI=1S/C31H27N3O5/c35-22-34(26-15-17-28(18-16-26)39-27-12-5-2-6-13-27)30(31(37)32-21-24-8-3-1-4-9-24)25-11-7-10-23(20-25)14-19-29(36)33-38/h1-20,22,30,38H,21H2,(H,32,37)(H,33,36)/b19-14+. The van der Waals surface area contributed by atoms with Gasteiger partial charge in [0, 0.05) is 18.3 Å². The van der Waals surface area contributed by atoms with Crippen LogP contribution in [0.1, 0.15) is 22.7 Å². The molecular formula is C31H27N3O5. The minimum atomic E-state index is -1.01. The Morgan fingerprint density at radius 2 is 1.51 bits per heavy atom. The Morgan fingerprint density at radius 3 is 2.18 bits per heavy atom. The van der Waals surface area contributed by atoms with E-state index in [1.165, 1.54) is 16.5 Å². The Balaban J connectivity index is 1.63. The van der Waals surface area contributed by atoms with E-state index >= 15 is 0 Å². The molecule has 0 aromatic heterocycles. The fourth-order valence-electron chi connectivity index (χ4n) is 3.94. The first-order valence-electron chi connectivity index (χ1n) is 12.2. The van der Waals surface area contributed by atoms with Crippen LogP contribution in [0, 0.1) is 0 Å². The van der Waals surface area contributed by atoms with Gasteiger partial charge in [-0.25, -0.2) is 5.48 Å². The SMILES string of the molecule is O=CN(c1ccc(Oc2ccccc2)cc1)C(C(=O)NCc1ccccc1)c1cccc(/C=C/C(=O)NO)c1. The molecule has 0 aliphatic heterocycles. The van der Waals surface area contributed by atoms with Gasteiger partial charge in [0.1, 0.15) is 17.5 Å². The molecule has 0 aliphatic carbocycles. The summed E-state index contributed by atoms with van der Waals surface area (Å²) in [6, 6.07) is 31.5. The van der Waals surface area contributed by atoms with E-state index in [2.05, 4.69) is 5.32 Å². The van der Waals surface area contributed by atoms with Crippen LogP contribution in [0.5, 0.6) is 11.5 Å². The van der Waals surface area contributed by atoms with Gasteiger partial charge < -0.3 is 10.1 Å². The maximum absolute atomic E-state index is 13.6. The van der Waals surface area contributed by atoms with Gasteiger partial charge in [0.2, 0.25) is 12.3 Å². The number of para-hydroxylation sites is 1. The largest absolute Gasteiger partial charge is 0.457 e. The summed E-state index contributed by atoms with van der Waals surface area (Å²) in [5.41, 5.74) is 4.08. The molecule has 0 spiro atoms. The van der Waals surface area contributed by atoms with Crippen molar-refractivity contribution in [2.24, 2.45) is 0 Å². The lowest BCUT2D eigenvalue weighted by molar-refractivity contribution is -0.124. The quantitative estimate of drug-likeness (QED) is 0.111. The maximum atomic E-state index is 13.6. The Morgan fingerprint density at radius 1 is 0.846 bits per heavy atom. The molecule has 4 aromatic carbocycles. The number of hydrogen-bond acceptors (Lipinski definition) is 5. The molecular weight excluding hydrogens is 494 g/mol. The van der Waals surface area contributed by atoms with Crippen LogP contribution in [0.2, 0.25) is 0 Å². The Bertz CT molecular complexity index is 1420. The molecule has 39 heavy (non-hydrogen) atoms. The molecule has 8 nitrogen and oxygen atoms in total. The Labute approximate surface area is 226 Å². The third kappa shape index (κ3) is 7.41. The van der Waals surface area contributed by atoms with Crippen molar-refractivity contribution in [1.29, 1.82) is 0 Å². The highest BCUT2D eigenvalue weighted by molar-refractivity contribution is 5.94. The van der Waals surface area contributed by atoms with Crippen LogP contribution in [-0.4, -0.2) is 23.4 Å². The average molecular weight is 522 g/mol. The third-order valence-electron chi connectivity index (χ3n) is 5.83. The Hall–Kier alpha value is -5.21. The number of amides is 3. The zero-order valence-electron chi connectivity index (χ0n) is 20.9. The Kier molecular flexibility index (Phi) is 9.20. The van der Waals surface area contributed by atoms with Gasteiger partial charge in [0.15, 0.2) is 0 Å². The highest BCUT2D eigenvalue weighted by Crippen LogP contribution is 2.30. The zero-order chi connectivity index (χ0) is 27.5. The number of rotatable bonds is 11. The summed E-state index contributed by atoms with van der Waals surface area (Å²) in [5, 5.41) is 11.7. The average Bonchev–Trinajstić information content (AvgIpc) is 2.99. The summed E-state index contributed by atoms with van der Waals surface area (Å²) < 4.78 is 5.85. The van der Waals surface area contributed by atoms with E-state index in [-0.39, 0.29) is 12.5 Å². The molecule has 4 aromatic rings. The van der Waals surface area contributed by atoms with Gasteiger partial charge in [0.25, 0.3) is 5.91 Å². The number of nitrogens with one attached hydrogen (secondary N) is 2. The molecule has 0 radical (unpaired) electrons. The first-order valence-corrected chi connectivity index (χ1v) is 12.2. The van der Waals surface area contributed by atoms with Crippen molar-refractivity contribution >= 4 is 30.0 Å². The maximum Gasteiger partial charge on any atom is 0.267 e. The fourth-order valence-corrected chi connectivity index (χ4v) is 3.94. The number of nitrogens with zero attached hydrogens (tertiary/aromatic N) is 1. The second-order valence-electron chi connectivity index (χ2n) is 8.51. The predicted octanol–water partition coefficient (Wildman–Crippen LogP) is 5.02. The molecule has 4 rings (SSSR count). The number of carbonyl (C=O) groups excluding carboxylic acids is 3. The molecule has 8 heteroatoms. The number of carbonyl (C=O) groups is 3. The van der Waals surface area contributed by atoms with Crippen LogP contribution in [0.25, 0.3) is 6.08 Å². The summed E-state index contributed by atoms with van der Waals surface area (Å²) >= 11 is 0. The van der Waals surface area contributed by atoms with E-state index in [1.807, 2.05) is 60.7 Å². The smallest absolute Gasteiger partial charge is 0.267 e. The monoisotopic (exact) mass is 521 g/mol. The van der Waals surface area contributed by atoms with E-state index in [4.69, 9.17) is 9.94 Å². The van der Waals surface area contributed by atoms with Gasteiger partial charge in [0.05, 0.1) is 0 Å². The van der Waals surface area contributed by atoms with Crippen LogP contribution in [-0.2, 0) is 20.9 Å². The van der Waals surface area contributed by atoms with Gasteiger partial charge in [-0.05, 0) is 65.2 Å². The minimum Gasteiger partial charge on any atom is -0.457 e. The first-order chi connectivity index (χ1) is 19.1. The summed E-state index contributed by atoms with van der Waals surface area (Å²) in [4.78, 5) is 38.8. The molecule has 3 N–H and O–H groups in total. The van der Waals surface area contributed by atoms with Gasteiger partial charge in [-0.1, -0.05) is 66.7 Å². The lowest BCUT2D eigenvalue weighted by Crippen LogP contribution is -2.40. The second kappa shape index (κ2) is 13.4. The summed E-state index contributed by atoms with van der Waals surface area (Å²) in [7, 11) is 0. The molecule has 0 saturated heterocycles.